The van der Waals surface area contributed by atoms with Crippen molar-refractivity contribution in [1.82, 2.24) is 5.32 Å². The molecule has 4 heteroatoms. The van der Waals surface area contributed by atoms with E-state index in [0.717, 1.165) is 13.0 Å². The Balaban J connectivity index is 2.21. The highest BCUT2D eigenvalue weighted by Crippen LogP contribution is 2.36. The summed E-state index contributed by atoms with van der Waals surface area (Å²) in [5.74, 6) is 1.32. The highest BCUT2D eigenvalue weighted by molar-refractivity contribution is 8.00. The zero-order chi connectivity index (χ0) is 11.3. The summed E-state index contributed by atoms with van der Waals surface area (Å²) in [6.07, 6.45) is 3.79. The number of nitrogens with one attached hydrogen (secondary N) is 1. The van der Waals surface area contributed by atoms with Crippen molar-refractivity contribution in [1.29, 1.82) is 0 Å². The first-order chi connectivity index (χ1) is 7.06. The standard InChI is InChI=1S/C11H22N2OS/c1-3-9(12)7-10(14)13-8-11(2)5-4-6-15-11/h9H,3-8,12H2,1-2H3,(H,13,14). The van der Waals surface area contributed by atoms with Gasteiger partial charge in [-0.1, -0.05) is 6.92 Å². The van der Waals surface area contributed by atoms with Crippen molar-refractivity contribution >= 4 is 17.7 Å². The summed E-state index contributed by atoms with van der Waals surface area (Å²) in [7, 11) is 0. The summed E-state index contributed by atoms with van der Waals surface area (Å²) in [4.78, 5) is 11.5. The van der Waals surface area contributed by atoms with Crippen molar-refractivity contribution in [2.24, 2.45) is 5.73 Å². The maximum Gasteiger partial charge on any atom is 0.221 e. The second-order valence-electron chi connectivity index (χ2n) is 4.55. The number of carbonyl (C=O) groups is 1. The minimum absolute atomic E-state index is 0.00837. The van der Waals surface area contributed by atoms with Gasteiger partial charge in [-0.05, 0) is 31.9 Å². The average Bonchev–Trinajstić information content (AvgIpc) is 2.63. The van der Waals surface area contributed by atoms with Gasteiger partial charge in [0.25, 0.3) is 0 Å². The van der Waals surface area contributed by atoms with Gasteiger partial charge in [-0.15, -0.1) is 0 Å². The van der Waals surface area contributed by atoms with Crippen molar-refractivity contribution in [3.05, 3.63) is 0 Å². The van der Waals surface area contributed by atoms with Crippen LogP contribution in [0.1, 0.15) is 39.5 Å². The number of nitrogens with two attached hydrogens (primary N) is 1. The van der Waals surface area contributed by atoms with Gasteiger partial charge in [-0.3, -0.25) is 4.79 Å². The molecule has 1 amide bonds. The minimum atomic E-state index is 0.00837. The molecule has 1 saturated heterocycles. The van der Waals surface area contributed by atoms with Crippen molar-refractivity contribution in [2.75, 3.05) is 12.3 Å². The molecule has 88 valence electrons. The first-order valence-electron chi connectivity index (χ1n) is 5.72. The molecule has 0 bridgehead atoms. The molecule has 15 heavy (non-hydrogen) atoms. The first kappa shape index (κ1) is 12.8. The van der Waals surface area contributed by atoms with Crippen LogP contribution in [0.15, 0.2) is 0 Å². The highest BCUT2D eigenvalue weighted by atomic mass is 32.2. The van der Waals surface area contributed by atoms with Crippen molar-refractivity contribution in [2.45, 2.75) is 50.3 Å². The van der Waals surface area contributed by atoms with E-state index in [0.29, 0.717) is 6.42 Å². The maximum absolute atomic E-state index is 11.5. The monoisotopic (exact) mass is 230 g/mol. The lowest BCUT2D eigenvalue weighted by atomic mass is 10.1. The molecule has 0 aromatic rings. The molecule has 1 aliphatic rings. The Labute approximate surface area is 96.6 Å². The van der Waals surface area contributed by atoms with Gasteiger partial charge < -0.3 is 11.1 Å². The van der Waals surface area contributed by atoms with Crippen LogP contribution in [-0.4, -0.2) is 29.0 Å². The molecule has 0 spiro atoms. The molecule has 0 saturated carbocycles. The van der Waals surface area contributed by atoms with E-state index in [1.54, 1.807) is 0 Å². The smallest absolute Gasteiger partial charge is 0.221 e. The molecule has 1 fully saturated rings. The number of carbonyl (C=O) groups excluding carboxylic acids is 1. The summed E-state index contributed by atoms with van der Waals surface area (Å²) in [5, 5.41) is 2.99. The Morgan fingerprint density at radius 2 is 2.40 bits per heavy atom. The molecule has 0 aromatic heterocycles. The molecule has 3 N–H and O–H groups in total. The molecule has 1 rings (SSSR count). The summed E-state index contributed by atoms with van der Waals surface area (Å²) in [6.45, 7) is 5.02. The average molecular weight is 230 g/mol. The number of hydrogen-bond acceptors (Lipinski definition) is 3. The van der Waals surface area contributed by atoms with Crippen LogP contribution in [0.2, 0.25) is 0 Å². The highest BCUT2D eigenvalue weighted by Gasteiger charge is 2.29. The Morgan fingerprint density at radius 3 is 2.93 bits per heavy atom. The molecule has 0 aromatic carbocycles. The third-order valence-electron chi connectivity index (χ3n) is 2.93. The molecule has 0 radical (unpaired) electrons. The lowest BCUT2D eigenvalue weighted by molar-refractivity contribution is -0.121. The second-order valence-corrected chi connectivity index (χ2v) is 6.23. The van der Waals surface area contributed by atoms with Crippen molar-refractivity contribution < 1.29 is 4.79 Å². The zero-order valence-electron chi connectivity index (χ0n) is 9.71. The van der Waals surface area contributed by atoms with E-state index in [9.17, 15) is 4.79 Å². The van der Waals surface area contributed by atoms with Crippen LogP contribution in [0.3, 0.4) is 0 Å². The Hall–Kier alpha value is -0.220. The Kier molecular flexibility index (Phi) is 4.93. The Bertz CT molecular complexity index is 215. The third kappa shape index (κ3) is 4.43. The zero-order valence-corrected chi connectivity index (χ0v) is 10.5. The summed E-state index contributed by atoms with van der Waals surface area (Å²) in [6, 6.07) is 0.00837. The number of thioether (sulfide) groups is 1. The van der Waals surface area contributed by atoms with E-state index < -0.39 is 0 Å². The number of hydrogen-bond donors (Lipinski definition) is 2. The fourth-order valence-electron chi connectivity index (χ4n) is 1.72. The normalized spacial score (nSPS) is 27.7. The van der Waals surface area contributed by atoms with Crippen molar-refractivity contribution in [3.63, 3.8) is 0 Å². The Morgan fingerprint density at radius 1 is 1.67 bits per heavy atom. The van der Waals surface area contributed by atoms with Gasteiger partial charge in [0.1, 0.15) is 0 Å². The van der Waals surface area contributed by atoms with Gasteiger partial charge in [-0.25, -0.2) is 0 Å². The third-order valence-corrected chi connectivity index (χ3v) is 4.47. The molecular weight excluding hydrogens is 208 g/mol. The quantitative estimate of drug-likeness (QED) is 0.753. The van der Waals surface area contributed by atoms with E-state index in [4.69, 9.17) is 5.73 Å². The SMILES string of the molecule is CCC(N)CC(=O)NCC1(C)CCCS1. The topological polar surface area (TPSA) is 55.1 Å². The summed E-state index contributed by atoms with van der Waals surface area (Å²) >= 11 is 1.97. The molecule has 1 heterocycles. The van der Waals surface area contributed by atoms with Gasteiger partial charge in [0.05, 0.1) is 0 Å². The van der Waals surface area contributed by atoms with Gasteiger partial charge in [0.15, 0.2) is 0 Å². The number of rotatable bonds is 5. The molecule has 1 aliphatic heterocycles. The summed E-state index contributed by atoms with van der Waals surface area (Å²) in [5.41, 5.74) is 5.72. The molecule has 0 aliphatic carbocycles. The fraction of sp³-hybridized carbons (Fsp3) is 0.909. The van der Waals surface area contributed by atoms with Crippen molar-refractivity contribution in [3.8, 4) is 0 Å². The van der Waals surface area contributed by atoms with Crippen LogP contribution in [-0.2, 0) is 4.79 Å². The van der Waals surface area contributed by atoms with E-state index in [1.165, 1.54) is 18.6 Å². The molecule has 3 nitrogen and oxygen atoms in total. The lowest BCUT2D eigenvalue weighted by Crippen LogP contribution is -2.39. The van der Waals surface area contributed by atoms with Crippen LogP contribution < -0.4 is 11.1 Å². The van der Waals surface area contributed by atoms with Gasteiger partial charge in [-0.2, -0.15) is 11.8 Å². The molecule has 2 unspecified atom stereocenters. The van der Waals surface area contributed by atoms with Gasteiger partial charge in [0.2, 0.25) is 5.91 Å². The second kappa shape index (κ2) is 5.75. The predicted molar refractivity (Wildman–Crippen MR) is 66.0 cm³/mol. The first-order valence-corrected chi connectivity index (χ1v) is 6.70. The largest absolute Gasteiger partial charge is 0.355 e. The van der Waals surface area contributed by atoms with Crippen LogP contribution in [0.25, 0.3) is 0 Å². The fourth-order valence-corrected chi connectivity index (χ4v) is 2.96. The van der Waals surface area contributed by atoms with Crippen LogP contribution in [0.5, 0.6) is 0 Å². The summed E-state index contributed by atoms with van der Waals surface area (Å²) < 4.78 is 0.256. The maximum atomic E-state index is 11.5. The van der Waals surface area contributed by atoms with E-state index in [2.05, 4.69) is 12.2 Å². The minimum Gasteiger partial charge on any atom is -0.355 e. The van der Waals surface area contributed by atoms with Gasteiger partial charge >= 0.3 is 0 Å². The van der Waals surface area contributed by atoms with Crippen LogP contribution in [0.4, 0.5) is 0 Å². The van der Waals surface area contributed by atoms with Crippen LogP contribution >= 0.6 is 11.8 Å². The van der Waals surface area contributed by atoms with E-state index in [-0.39, 0.29) is 16.7 Å². The molecule has 2 atom stereocenters. The molecular formula is C11H22N2OS. The van der Waals surface area contributed by atoms with Gasteiger partial charge in [0, 0.05) is 23.8 Å². The van der Waals surface area contributed by atoms with E-state index >= 15 is 0 Å². The van der Waals surface area contributed by atoms with E-state index in [1.807, 2.05) is 18.7 Å². The van der Waals surface area contributed by atoms with Crippen LogP contribution in [0, 0.1) is 0 Å². The number of amides is 1. The lowest BCUT2D eigenvalue weighted by Gasteiger charge is -2.23. The predicted octanol–water partition coefficient (Wildman–Crippen LogP) is 1.52.